The van der Waals surface area contributed by atoms with Crippen LogP contribution in [0.4, 0.5) is 11.4 Å². The van der Waals surface area contributed by atoms with E-state index in [4.69, 9.17) is 0 Å². The van der Waals surface area contributed by atoms with Crippen molar-refractivity contribution in [2.75, 3.05) is 5.32 Å². The monoisotopic (exact) mass is 393 g/mol. The van der Waals surface area contributed by atoms with Crippen LogP contribution in [0, 0.1) is 0 Å². The maximum absolute atomic E-state index is 4.00. The van der Waals surface area contributed by atoms with Crippen molar-refractivity contribution in [3.8, 4) is 0 Å². The summed E-state index contributed by atoms with van der Waals surface area (Å²) in [5.74, 6) is 0. The Morgan fingerprint density at radius 1 is 0.414 bits per heavy atom. The zero-order valence-electron chi connectivity index (χ0n) is 21.0. The smallest absolute Gasteiger partial charge is 0.0460 e. The van der Waals surface area contributed by atoms with E-state index in [-0.39, 0.29) is 21.7 Å². The largest absolute Gasteiger partial charge is 0.355 e. The highest BCUT2D eigenvalue weighted by Gasteiger charge is 2.29. The molecule has 0 unspecified atom stereocenters. The van der Waals surface area contributed by atoms with E-state index in [0.29, 0.717) is 0 Å². The van der Waals surface area contributed by atoms with Crippen LogP contribution in [0.5, 0.6) is 0 Å². The normalized spacial score (nSPS) is 13.5. The van der Waals surface area contributed by atoms with Crippen molar-refractivity contribution in [1.82, 2.24) is 0 Å². The van der Waals surface area contributed by atoms with Gasteiger partial charge >= 0.3 is 0 Å². The standard InChI is InChI=1S/C28H43N/c1-25(2,3)19-15-13-16-20(26(4,5)6)23(19)29-24-21(27(7,8)9)17-14-18-22(24)28(10,11)12/h13-18,29H,1-12H3. The van der Waals surface area contributed by atoms with Gasteiger partial charge in [-0.15, -0.1) is 0 Å². The predicted molar refractivity (Wildman–Crippen MR) is 131 cm³/mol. The molecule has 2 aromatic carbocycles. The van der Waals surface area contributed by atoms with Crippen molar-refractivity contribution >= 4 is 11.4 Å². The summed E-state index contributed by atoms with van der Waals surface area (Å²) in [5.41, 5.74) is 8.25. The molecule has 2 aromatic rings. The second-order valence-corrected chi connectivity index (χ2v) is 12.6. The highest BCUT2D eigenvalue weighted by molar-refractivity contribution is 5.75. The maximum atomic E-state index is 4.00. The van der Waals surface area contributed by atoms with Crippen molar-refractivity contribution in [3.63, 3.8) is 0 Å². The third-order valence-corrected chi connectivity index (χ3v) is 5.61. The topological polar surface area (TPSA) is 12.0 Å². The molecule has 2 rings (SSSR count). The quantitative estimate of drug-likeness (QED) is 0.538. The molecule has 0 fully saturated rings. The Morgan fingerprint density at radius 2 is 0.621 bits per heavy atom. The third-order valence-electron chi connectivity index (χ3n) is 5.61. The molecule has 0 amide bonds. The van der Waals surface area contributed by atoms with E-state index < -0.39 is 0 Å². The van der Waals surface area contributed by atoms with Crippen LogP contribution in [0.15, 0.2) is 36.4 Å². The van der Waals surface area contributed by atoms with Gasteiger partial charge in [-0.05, 0) is 43.9 Å². The summed E-state index contributed by atoms with van der Waals surface area (Å²) in [6, 6.07) is 13.6. The number of hydrogen-bond acceptors (Lipinski definition) is 1. The van der Waals surface area contributed by atoms with Gasteiger partial charge in [-0.25, -0.2) is 0 Å². The minimum atomic E-state index is 0.0577. The molecule has 1 nitrogen and oxygen atoms in total. The molecule has 0 atom stereocenters. The van der Waals surface area contributed by atoms with E-state index in [9.17, 15) is 0 Å². The van der Waals surface area contributed by atoms with Gasteiger partial charge in [0.05, 0.1) is 0 Å². The molecule has 0 aliphatic carbocycles. The molecule has 0 heterocycles. The van der Waals surface area contributed by atoms with Gasteiger partial charge in [0, 0.05) is 11.4 Å². The number of para-hydroxylation sites is 2. The van der Waals surface area contributed by atoms with Gasteiger partial charge in [0.2, 0.25) is 0 Å². The summed E-state index contributed by atoms with van der Waals surface area (Å²) >= 11 is 0. The minimum Gasteiger partial charge on any atom is -0.355 e. The van der Waals surface area contributed by atoms with Gasteiger partial charge in [0.1, 0.15) is 0 Å². The molecule has 1 heteroatoms. The highest BCUT2D eigenvalue weighted by atomic mass is 14.9. The molecule has 0 aromatic heterocycles. The van der Waals surface area contributed by atoms with E-state index in [1.54, 1.807) is 0 Å². The van der Waals surface area contributed by atoms with Crippen LogP contribution in [0.2, 0.25) is 0 Å². The van der Waals surface area contributed by atoms with E-state index in [0.717, 1.165) is 0 Å². The second kappa shape index (κ2) is 7.49. The first-order valence-corrected chi connectivity index (χ1v) is 11.0. The molecule has 0 bridgehead atoms. The summed E-state index contributed by atoms with van der Waals surface area (Å²) in [6.07, 6.45) is 0. The van der Waals surface area contributed by atoms with Gasteiger partial charge in [0.15, 0.2) is 0 Å². The second-order valence-electron chi connectivity index (χ2n) is 12.6. The summed E-state index contributed by atoms with van der Waals surface area (Å²) in [6.45, 7) is 27.7. The zero-order valence-corrected chi connectivity index (χ0v) is 21.0. The van der Waals surface area contributed by atoms with Crippen molar-refractivity contribution in [3.05, 3.63) is 58.7 Å². The highest BCUT2D eigenvalue weighted by Crippen LogP contribution is 2.44. The fourth-order valence-corrected chi connectivity index (χ4v) is 4.00. The van der Waals surface area contributed by atoms with Crippen molar-refractivity contribution < 1.29 is 0 Å². The van der Waals surface area contributed by atoms with Crippen LogP contribution in [-0.4, -0.2) is 0 Å². The van der Waals surface area contributed by atoms with E-state index in [1.165, 1.54) is 33.6 Å². The van der Waals surface area contributed by atoms with Gasteiger partial charge in [-0.2, -0.15) is 0 Å². The lowest BCUT2D eigenvalue weighted by Crippen LogP contribution is -2.23. The molecule has 0 saturated carbocycles. The Labute approximate surface area is 180 Å². The molecule has 0 aliphatic heterocycles. The first-order valence-electron chi connectivity index (χ1n) is 11.0. The number of hydrogen-bond donors (Lipinski definition) is 1. The Kier molecular flexibility index (Phi) is 6.07. The summed E-state index contributed by atoms with van der Waals surface area (Å²) in [5, 5.41) is 4.00. The maximum Gasteiger partial charge on any atom is 0.0460 e. The van der Waals surface area contributed by atoms with E-state index in [2.05, 4.69) is 125 Å². The van der Waals surface area contributed by atoms with E-state index >= 15 is 0 Å². The molecule has 0 spiro atoms. The predicted octanol–water partition coefficient (Wildman–Crippen LogP) is 8.62. The van der Waals surface area contributed by atoms with Crippen LogP contribution in [-0.2, 0) is 21.7 Å². The Bertz CT molecular complexity index is 721. The number of anilines is 2. The van der Waals surface area contributed by atoms with Crippen LogP contribution in [0.1, 0.15) is 105 Å². The Balaban J connectivity index is 2.88. The Hall–Kier alpha value is -1.76. The number of benzene rings is 2. The SMILES string of the molecule is CC(C)(C)c1cccc(C(C)(C)C)c1Nc1c(C(C)(C)C)cccc1C(C)(C)C. The van der Waals surface area contributed by atoms with Crippen LogP contribution >= 0.6 is 0 Å². The van der Waals surface area contributed by atoms with Crippen molar-refractivity contribution in [2.24, 2.45) is 0 Å². The molecule has 0 aliphatic rings. The van der Waals surface area contributed by atoms with E-state index in [1.807, 2.05) is 0 Å². The molecule has 1 N–H and O–H groups in total. The lowest BCUT2D eigenvalue weighted by molar-refractivity contribution is 0.567. The summed E-state index contributed by atoms with van der Waals surface area (Å²) < 4.78 is 0. The summed E-state index contributed by atoms with van der Waals surface area (Å²) in [4.78, 5) is 0. The average Bonchev–Trinajstić information content (AvgIpc) is 2.51. The fraction of sp³-hybridized carbons (Fsp3) is 0.571. The molecular weight excluding hydrogens is 350 g/mol. The molecule has 0 saturated heterocycles. The van der Waals surface area contributed by atoms with Crippen LogP contribution < -0.4 is 5.32 Å². The fourth-order valence-electron chi connectivity index (χ4n) is 4.00. The van der Waals surface area contributed by atoms with Gasteiger partial charge in [-0.1, -0.05) is 119 Å². The average molecular weight is 394 g/mol. The van der Waals surface area contributed by atoms with Crippen LogP contribution in [0.3, 0.4) is 0 Å². The molecule has 160 valence electrons. The van der Waals surface area contributed by atoms with Gasteiger partial charge in [0.25, 0.3) is 0 Å². The van der Waals surface area contributed by atoms with Crippen molar-refractivity contribution in [2.45, 2.75) is 105 Å². The van der Waals surface area contributed by atoms with Gasteiger partial charge in [-0.3, -0.25) is 0 Å². The first kappa shape index (κ1) is 23.5. The van der Waals surface area contributed by atoms with Crippen molar-refractivity contribution in [1.29, 1.82) is 0 Å². The first-order chi connectivity index (χ1) is 12.9. The lowest BCUT2D eigenvalue weighted by atomic mass is 9.76. The molecule has 0 radical (unpaired) electrons. The number of nitrogens with one attached hydrogen (secondary N) is 1. The van der Waals surface area contributed by atoms with Crippen LogP contribution in [0.25, 0.3) is 0 Å². The van der Waals surface area contributed by atoms with Gasteiger partial charge < -0.3 is 5.32 Å². The zero-order chi connectivity index (χ0) is 22.4. The number of rotatable bonds is 2. The molecule has 29 heavy (non-hydrogen) atoms. The Morgan fingerprint density at radius 3 is 0.793 bits per heavy atom. The summed E-state index contributed by atoms with van der Waals surface area (Å²) in [7, 11) is 0. The third kappa shape index (κ3) is 5.24. The molecular formula is C28H43N. The lowest BCUT2D eigenvalue weighted by Gasteiger charge is -2.34. The minimum absolute atomic E-state index is 0.0577.